The van der Waals surface area contributed by atoms with E-state index in [9.17, 15) is 0 Å². The number of hydrogen-bond donors (Lipinski definition) is 0. The first-order chi connectivity index (χ1) is 7.20. The van der Waals surface area contributed by atoms with E-state index in [-0.39, 0.29) is 0 Å². The molecule has 0 amide bonds. The first kappa shape index (κ1) is 12.2. The summed E-state index contributed by atoms with van der Waals surface area (Å²) in [6.45, 7) is 8.37. The third kappa shape index (κ3) is 4.98. The van der Waals surface area contributed by atoms with Crippen molar-refractivity contribution in [2.45, 2.75) is 46.3 Å². The second-order valence-electron chi connectivity index (χ2n) is 4.30. The Balaban J connectivity index is 1.98. The number of hydrogen-bond acceptors (Lipinski definition) is 2. The summed E-state index contributed by atoms with van der Waals surface area (Å²) in [6, 6.07) is 1.96. The van der Waals surface area contributed by atoms with Crippen LogP contribution in [0.2, 0.25) is 0 Å². The van der Waals surface area contributed by atoms with Crippen molar-refractivity contribution in [2.24, 2.45) is 5.92 Å². The predicted molar refractivity (Wildman–Crippen MR) is 61.7 cm³/mol. The minimum atomic E-state index is 0.370. The van der Waals surface area contributed by atoms with Gasteiger partial charge in [-0.2, -0.15) is 5.10 Å². The van der Waals surface area contributed by atoms with Crippen LogP contribution in [0, 0.1) is 5.92 Å². The fraction of sp³-hybridized carbons (Fsp3) is 0.750. The van der Waals surface area contributed by atoms with E-state index >= 15 is 0 Å². The lowest BCUT2D eigenvalue weighted by molar-refractivity contribution is 0.0329. The van der Waals surface area contributed by atoms with E-state index in [4.69, 9.17) is 4.74 Å². The molecule has 0 saturated carbocycles. The van der Waals surface area contributed by atoms with Crippen molar-refractivity contribution in [1.29, 1.82) is 0 Å². The van der Waals surface area contributed by atoms with Crippen LogP contribution in [-0.2, 0) is 11.3 Å². The minimum absolute atomic E-state index is 0.370. The van der Waals surface area contributed by atoms with Crippen molar-refractivity contribution in [3.05, 3.63) is 18.5 Å². The molecular weight excluding hydrogens is 188 g/mol. The molecule has 15 heavy (non-hydrogen) atoms. The van der Waals surface area contributed by atoms with Crippen LogP contribution in [0.25, 0.3) is 0 Å². The number of unbranched alkanes of at least 4 members (excludes halogenated alkanes) is 1. The maximum atomic E-state index is 5.69. The summed E-state index contributed by atoms with van der Waals surface area (Å²) in [7, 11) is 0. The van der Waals surface area contributed by atoms with Crippen molar-refractivity contribution in [2.75, 3.05) is 6.61 Å². The zero-order valence-corrected chi connectivity index (χ0v) is 10.0. The quantitative estimate of drug-likeness (QED) is 0.647. The van der Waals surface area contributed by atoms with E-state index in [0.717, 1.165) is 26.0 Å². The Bertz CT molecular complexity index is 244. The summed E-state index contributed by atoms with van der Waals surface area (Å²) in [4.78, 5) is 0. The monoisotopic (exact) mass is 210 g/mol. The van der Waals surface area contributed by atoms with E-state index in [1.165, 1.54) is 0 Å². The fourth-order valence-electron chi connectivity index (χ4n) is 1.27. The van der Waals surface area contributed by atoms with Crippen LogP contribution < -0.4 is 0 Å². The summed E-state index contributed by atoms with van der Waals surface area (Å²) in [6.07, 6.45) is 6.42. The molecule has 0 radical (unpaired) electrons. The highest BCUT2D eigenvalue weighted by molar-refractivity contribution is 4.77. The lowest BCUT2D eigenvalue weighted by atomic mass is 10.1. The summed E-state index contributed by atoms with van der Waals surface area (Å²) in [5.41, 5.74) is 0. The fourth-order valence-corrected chi connectivity index (χ4v) is 1.27. The van der Waals surface area contributed by atoms with Gasteiger partial charge in [-0.1, -0.05) is 13.8 Å². The molecule has 0 fully saturated rings. The second kappa shape index (κ2) is 6.62. The van der Waals surface area contributed by atoms with Crippen LogP contribution in [-0.4, -0.2) is 22.5 Å². The van der Waals surface area contributed by atoms with Gasteiger partial charge in [0.15, 0.2) is 0 Å². The van der Waals surface area contributed by atoms with Crippen molar-refractivity contribution in [1.82, 2.24) is 9.78 Å². The zero-order valence-electron chi connectivity index (χ0n) is 10.0. The molecule has 0 unspecified atom stereocenters. The van der Waals surface area contributed by atoms with Gasteiger partial charge in [0.25, 0.3) is 0 Å². The average molecular weight is 210 g/mol. The molecule has 0 bridgehead atoms. The van der Waals surface area contributed by atoms with Gasteiger partial charge in [0.2, 0.25) is 0 Å². The molecule has 0 N–H and O–H groups in total. The zero-order chi connectivity index (χ0) is 11.1. The molecule has 0 aliphatic carbocycles. The Hall–Kier alpha value is -0.830. The molecule has 0 aromatic carbocycles. The summed E-state index contributed by atoms with van der Waals surface area (Å²) in [5, 5.41) is 4.15. The molecular formula is C12H22N2O. The largest absolute Gasteiger partial charge is 0.378 e. The summed E-state index contributed by atoms with van der Waals surface area (Å²) >= 11 is 0. The molecule has 1 aromatic rings. The molecule has 1 atom stereocenters. The summed E-state index contributed by atoms with van der Waals surface area (Å²) in [5.74, 6) is 0.608. The van der Waals surface area contributed by atoms with Gasteiger partial charge in [0.1, 0.15) is 0 Å². The highest BCUT2D eigenvalue weighted by Gasteiger charge is 2.05. The first-order valence-corrected chi connectivity index (χ1v) is 5.79. The van der Waals surface area contributed by atoms with Crippen molar-refractivity contribution in [3.63, 3.8) is 0 Å². The average Bonchev–Trinajstić information content (AvgIpc) is 2.69. The van der Waals surface area contributed by atoms with Crippen LogP contribution >= 0.6 is 0 Å². The van der Waals surface area contributed by atoms with Crippen LogP contribution in [0.5, 0.6) is 0 Å². The van der Waals surface area contributed by atoms with Crippen molar-refractivity contribution >= 4 is 0 Å². The maximum absolute atomic E-state index is 5.69. The number of rotatable bonds is 7. The number of aromatic nitrogens is 2. The second-order valence-corrected chi connectivity index (χ2v) is 4.30. The van der Waals surface area contributed by atoms with Crippen molar-refractivity contribution < 1.29 is 4.74 Å². The van der Waals surface area contributed by atoms with E-state index in [0.29, 0.717) is 12.0 Å². The first-order valence-electron chi connectivity index (χ1n) is 5.79. The Morgan fingerprint density at radius 1 is 1.27 bits per heavy atom. The van der Waals surface area contributed by atoms with Gasteiger partial charge in [0, 0.05) is 25.5 Å². The molecule has 0 saturated heterocycles. The lowest BCUT2D eigenvalue weighted by Gasteiger charge is -2.16. The third-order valence-electron chi connectivity index (χ3n) is 2.66. The van der Waals surface area contributed by atoms with E-state index in [1.54, 1.807) is 0 Å². The van der Waals surface area contributed by atoms with E-state index in [2.05, 4.69) is 25.9 Å². The van der Waals surface area contributed by atoms with Crippen LogP contribution in [0.1, 0.15) is 33.6 Å². The van der Waals surface area contributed by atoms with E-state index < -0.39 is 0 Å². The Morgan fingerprint density at radius 2 is 2.07 bits per heavy atom. The molecule has 0 aliphatic heterocycles. The molecule has 3 nitrogen and oxygen atoms in total. The van der Waals surface area contributed by atoms with Gasteiger partial charge in [0.05, 0.1) is 6.10 Å². The van der Waals surface area contributed by atoms with Gasteiger partial charge in [-0.05, 0) is 31.7 Å². The van der Waals surface area contributed by atoms with Gasteiger partial charge in [-0.3, -0.25) is 4.68 Å². The third-order valence-corrected chi connectivity index (χ3v) is 2.66. The standard InChI is InChI=1S/C12H22N2O/c1-11(2)12(3)15-10-5-4-8-14-9-6-7-13-14/h6-7,9,11-12H,4-5,8,10H2,1-3H3/t12-/m1/s1. The number of nitrogens with zero attached hydrogens (tertiary/aromatic N) is 2. The van der Waals surface area contributed by atoms with E-state index in [1.807, 2.05) is 23.1 Å². The Labute approximate surface area is 92.4 Å². The highest BCUT2D eigenvalue weighted by Crippen LogP contribution is 2.06. The maximum Gasteiger partial charge on any atom is 0.0569 e. The SMILES string of the molecule is CC(C)[C@@H](C)OCCCCn1cccn1. The smallest absolute Gasteiger partial charge is 0.0569 e. The van der Waals surface area contributed by atoms with Crippen LogP contribution in [0.3, 0.4) is 0 Å². The van der Waals surface area contributed by atoms with Gasteiger partial charge >= 0.3 is 0 Å². The van der Waals surface area contributed by atoms with Crippen LogP contribution in [0.4, 0.5) is 0 Å². The molecule has 3 heteroatoms. The Kier molecular flexibility index (Phi) is 5.40. The molecule has 1 rings (SSSR count). The number of ether oxygens (including phenoxy) is 1. The van der Waals surface area contributed by atoms with Gasteiger partial charge < -0.3 is 4.74 Å². The van der Waals surface area contributed by atoms with Gasteiger partial charge in [-0.25, -0.2) is 0 Å². The highest BCUT2D eigenvalue weighted by atomic mass is 16.5. The van der Waals surface area contributed by atoms with Gasteiger partial charge in [-0.15, -0.1) is 0 Å². The molecule has 0 aliphatic rings. The topological polar surface area (TPSA) is 27.1 Å². The minimum Gasteiger partial charge on any atom is -0.378 e. The number of aryl methyl sites for hydroxylation is 1. The molecule has 0 spiro atoms. The molecule has 1 heterocycles. The molecule has 1 aromatic heterocycles. The van der Waals surface area contributed by atoms with Crippen molar-refractivity contribution in [3.8, 4) is 0 Å². The van der Waals surface area contributed by atoms with Crippen LogP contribution in [0.15, 0.2) is 18.5 Å². The normalized spacial score (nSPS) is 13.3. The summed E-state index contributed by atoms with van der Waals surface area (Å²) < 4.78 is 7.66. The lowest BCUT2D eigenvalue weighted by Crippen LogP contribution is -2.16. The predicted octanol–water partition coefficient (Wildman–Crippen LogP) is 2.72. The molecule has 86 valence electrons. The Morgan fingerprint density at radius 3 is 2.67 bits per heavy atom.